The van der Waals surface area contributed by atoms with E-state index in [9.17, 15) is 9.59 Å². The molecule has 1 aliphatic rings. The normalized spacial score (nSPS) is 17.8. The van der Waals surface area contributed by atoms with Gasteiger partial charge in [-0.05, 0) is 30.5 Å². The van der Waals surface area contributed by atoms with Crippen LogP contribution in [0.2, 0.25) is 0 Å². The second-order valence-electron chi connectivity index (χ2n) is 6.14. The molecule has 0 saturated carbocycles. The highest BCUT2D eigenvalue weighted by Gasteiger charge is 2.29. The summed E-state index contributed by atoms with van der Waals surface area (Å²) in [5.74, 6) is -0.536. The molecule has 1 amide bonds. The number of methoxy groups -OCH3 is 1. The third kappa shape index (κ3) is 3.68. The molecule has 1 atom stereocenters. The Balaban J connectivity index is 1.88. The fourth-order valence-electron chi connectivity index (χ4n) is 3.23. The van der Waals surface area contributed by atoms with Crippen LogP contribution in [0.1, 0.15) is 58.2 Å². The smallest absolute Gasteiger partial charge is 0.338 e. The number of likely N-dealkylation sites (tertiary alicyclic amines) is 1. The van der Waals surface area contributed by atoms with Gasteiger partial charge in [-0.1, -0.05) is 25.0 Å². The zero-order valence-electron chi connectivity index (χ0n) is 14.1. The third-order valence-corrected chi connectivity index (χ3v) is 4.57. The van der Waals surface area contributed by atoms with Crippen LogP contribution < -0.4 is 4.74 Å². The number of carboxylic acid groups (broad SMARTS) is 1. The molecular weight excluding hydrogens is 322 g/mol. The summed E-state index contributed by atoms with van der Waals surface area (Å²) in [6.45, 7) is 0.624. The van der Waals surface area contributed by atoms with Gasteiger partial charge in [-0.3, -0.25) is 4.79 Å². The Labute approximate surface area is 146 Å². The number of benzene rings is 1. The molecule has 1 fully saturated rings. The van der Waals surface area contributed by atoms with Crippen LogP contribution in [0.5, 0.6) is 5.75 Å². The highest BCUT2D eigenvalue weighted by atomic mass is 16.5. The number of rotatable bonds is 4. The fourth-order valence-corrected chi connectivity index (χ4v) is 3.23. The summed E-state index contributed by atoms with van der Waals surface area (Å²) in [4.78, 5) is 25.7. The predicted molar refractivity (Wildman–Crippen MR) is 90.9 cm³/mol. The van der Waals surface area contributed by atoms with Gasteiger partial charge >= 0.3 is 5.97 Å². The van der Waals surface area contributed by atoms with Gasteiger partial charge in [0.15, 0.2) is 5.76 Å². The van der Waals surface area contributed by atoms with E-state index in [2.05, 4.69) is 0 Å². The highest BCUT2D eigenvalue weighted by Crippen LogP contribution is 2.32. The van der Waals surface area contributed by atoms with Crippen LogP contribution >= 0.6 is 0 Å². The largest absolute Gasteiger partial charge is 0.497 e. The maximum Gasteiger partial charge on any atom is 0.338 e. The average Bonchev–Trinajstić information content (AvgIpc) is 3.00. The Morgan fingerprint density at radius 1 is 1.20 bits per heavy atom. The first kappa shape index (κ1) is 17.1. The summed E-state index contributed by atoms with van der Waals surface area (Å²) >= 11 is 0. The maximum atomic E-state index is 12.9. The second kappa shape index (κ2) is 7.42. The maximum absolute atomic E-state index is 12.9. The quantitative estimate of drug-likeness (QED) is 0.914. The average molecular weight is 343 g/mol. The molecule has 0 bridgehead atoms. The lowest BCUT2D eigenvalue weighted by Gasteiger charge is -2.30. The van der Waals surface area contributed by atoms with Gasteiger partial charge in [0.2, 0.25) is 0 Å². The Bertz CT molecular complexity index is 749. The molecule has 1 aromatic carbocycles. The fraction of sp³-hybridized carbons (Fsp3) is 0.368. The standard InChI is InChI=1S/C19H21NO5/c1-24-15-8-6-13(7-9-15)16-5-3-2-4-10-20(16)18(21)17-11-14(12-25-17)19(22)23/h6-9,11-12,16H,2-5,10H2,1H3,(H,22,23). The van der Waals surface area contributed by atoms with Crippen molar-refractivity contribution in [1.82, 2.24) is 4.90 Å². The van der Waals surface area contributed by atoms with E-state index in [0.717, 1.165) is 43.3 Å². The summed E-state index contributed by atoms with van der Waals surface area (Å²) in [5, 5.41) is 9.02. The minimum absolute atomic E-state index is 0.0147. The Morgan fingerprint density at radius 2 is 1.96 bits per heavy atom. The van der Waals surface area contributed by atoms with E-state index in [1.54, 1.807) is 12.0 Å². The molecule has 0 radical (unpaired) electrons. The summed E-state index contributed by atoms with van der Waals surface area (Å²) in [6, 6.07) is 8.95. The molecule has 1 saturated heterocycles. The van der Waals surface area contributed by atoms with Crippen LogP contribution in [0.25, 0.3) is 0 Å². The number of nitrogens with zero attached hydrogens (tertiary/aromatic N) is 1. The first-order valence-electron chi connectivity index (χ1n) is 8.37. The number of furan rings is 1. The topological polar surface area (TPSA) is 80.0 Å². The molecule has 1 unspecified atom stereocenters. The molecule has 2 heterocycles. The predicted octanol–water partition coefficient (Wildman–Crippen LogP) is 3.74. The summed E-state index contributed by atoms with van der Waals surface area (Å²) in [7, 11) is 1.62. The van der Waals surface area contributed by atoms with Crippen molar-refractivity contribution >= 4 is 11.9 Å². The SMILES string of the molecule is COc1ccc(C2CCCCCN2C(=O)c2cc(C(=O)O)co2)cc1. The van der Waals surface area contributed by atoms with Gasteiger partial charge in [-0.15, -0.1) is 0 Å². The van der Waals surface area contributed by atoms with Gasteiger partial charge < -0.3 is 19.2 Å². The number of amides is 1. The molecule has 6 heteroatoms. The van der Waals surface area contributed by atoms with Crippen LogP contribution in [0.4, 0.5) is 0 Å². The summed E-state index contributed by atoms with van der Waals surface area (Å²) in [6.07, 6.45) is 5.00. The third-order valence-electron chi connectivity index (χ3n) is 4.57. The number of carbonyl (C=O) groups is 2. The van der Waals surface area contributed by atoms with E-state index >= 15 is 0 Å². The lowest BCUT2D eigenvalue weighted by atomic mass is 10.0. The van der Waals surface area contributed by atoms with Crippen molar-refractivity contribution in [2.75, 3.05) is 13.7 Å². The molecule has 0 aliphatic carbocycles. The summed E-state index contributed by atoms with van der Waals surface area (Å²) in [5.41, 5.74) is 1.03. The van der Waals surface area contributed by atoms with Crippen molar-refractivity contribution < 1.29 is 23.8 Å². The zero-order valence-corrected chi connectivity index (χ0v) is 14.1. The van der Waals surface area contributed by atoms with Gasteiger partial charge in [0.05, 0.1) is 18.7 Å². The molecule has 1 N–H and O–H groups in total. The van der Waals surface area contributed by atoms with Crippen molar-refractivity contribution in [3.8, 4) is 5.75 Å². The molecule has 0 spiro atoms. The zero-order chi connectivity index (χ0) is 17.8. The first-order chi connectivity index (χ1) is 12.1. The number of carbonyl (C=O) groups excluding carboxylic acids is 1. The minimum Gasteiger partial charge on any atom is -0.497 e. The van der Waals surface area contributed by atoms with Crippen LogP contribution in [0.15, 0.2) is 41.0 Å². The van der Waals surface area contributed by atoms with Gasteiger partial charge in [0.1, 0.15) is 12.0 Å². The van der Waals surface area contributed by atoms with Crippen molar-refractivity contribution in [3.05, 3.63) is 53.5 Å². The van der Waals surface area contributed by atoms with Crippen molar-refractivity contribution in [2.45, 2.75) is 31.7 Å². The highest BCUT2D eigenvalue weighted by molar-refractivity contribution is 5.95. The molecule has 3 rings (SSSR count). The second-order valence-corrected chi connectivity index (χ2v) is 6.14. The van der Waals surface area contributed by atoms with Crippen molar-refractivity contribution in [1.29, 1.82) is 0 Å². The molecule has 1 aliphatic heterocycles. The molecule has 132 valence electrons. The van der Waals surface area contributed by atoms with Gasteiger partial charge in [-0.2, -0.15) is 0 Å². The number of hydrogen-bond acceptors (Lipinski definition) is 4. The lowest BCUT2D eigenvalue weighted by Crippen LogP contribution is -2.34. The van der Waals surface area contributed by atoms with Crippen LogP contribution in [0, 0.1) is 0 Å². The minimum atomic E-state index is -1.11. The van der Waals surface area contributed by atoms with E-state index in [4.69, 9.17) is 14.3 Å². The van der Waals surface area contributed by atoms with E-state index in [1.165, 1.54) is 6.07 Å². The molecule has 25 heavy (non-hydrogen) atoms. The Kier molecular flexibility index (Phi) is 5.07. The van der Waals surface area contributed by atoms with E-state index < -0.39 is 5.97 Å². The molecule has 2 aromatic rings. The molecule has 1 aromatic heterocycles. The van der Waals surface area contributed by atoms with Gasteiger partial charge in [-0.25, -0.2) is 4.79 Å². The monoisotopic (exact) mass is 343 g/mol. The Hall–Kier alpha value is -2.76. The number of carboxylic acids is 1. The Morgan fingerprint density at radius 3 is 2.60 bits per heavy atom. The number of ether oxygens (including phenoxy) is 1. The number of aromatic carboxylic acids is 1. The van der Waals surface area contributed by atoms with Crippen molar-refractivity contribution in [3.63, 3.8) is 0 Å². The number of hydrogen-bond donors (Lipinski definition) is 1. The van der Waals surface area contributed by atoms with Crippen LogP contribution in [-0.4, -0.2) is 35.5 Å². The van der Waals surface area contributed by atoms with E-state index in [-0.39, 0.29) is 23.3 Å². The van der Waals surface area contributed by atoms with Gasteiger partial charge in [0.25, 0.3) is 5.91 Å². The van der Waals surface area contributed by atoms with Crippen LogP contribution in [-0.2, 0) is 0 Å². The van der Waals surface area contributed by atoms with Crippen molar-refractivity contribution in [2.24, 2.45) is 0 Å². The summed E-state index contributed by atoms with van der Waals surface area (Å²) < 4.78 is 10.4. The van der Waals surface area contributed by atoms with Gasteiger partial charge in [0, 0.05) is 12.6 Å². The molecular formula is C19H21NO5. The van der Waals surface area contributed by atoms with E-state index in [1.807, 2.05) is 24.3 Å². The molecule has 6 nitrogen and oxygen atoms in total. The van der Waals surface area contributed by atoms with E-state index in [0.29, 0.717) is 6.54 Å². The first-order valence-corrected chi connectivity index (χ1v) is 8.37. The van der Waals surface area contributed by atoms with Crippen LogP contribution in [0.3, 0.4) is 0 Å². The lowest BCUT2D eigenvalue weighted by molar-refractivity contribution is 0.0646.